The summed E-state index contributed by atoms with van der Waals surface area (Å²) in [7, 11) is 0. The molecule has 104 valence electrons. The number of rotatable bonds is 4. The minimum Gasteiger partial charge on any atom is -0.258 e. The van der Waals surface area contributed by atoms with Crippen molar-refractivity contribution >= 4 is 56.6 Å². The highest BCUT2D eigenvalue weighted by Crippen LogP contribution is 2.34. The molecule has 0 spiro atoms. The number of nitro benzene ring substituents is 1. The van der Waals surface area contributed by atoms with Gasteiger partial charge in [0.05, 0.1) is 19.4 Å². The van der Waals surface area contributed by atoms with Crippen LogP contribution in [0.4, 0.5) is 5.69 Å². The Balaban J connectivity index is 2.17. The van der Waals surface area contributed by atoms with Crippen LogP contribution < -0.4 is 0 Å². The van der Waals surface area contributed by atoms with E-state index in [9.17, 15) is 10.1 Å². The highest BCUT2D eigenvalue weighted by molar-refractivity contribution is 9.10. The molecular formula is C13H8BrCl2NO2S. The van der Waals surface area contributed by atoms with Crippen molar-refractivity contribution in [1.29, 1.82) is 0 Å². The average molecular weight is 393 g/mol. The highest BCUT2D eigenvalue weighted by Gasteiger charge is 2.14. The molecule has 0 aliphatic carbocycles. The maximum absolute atomic E-state index is 10.9. The zero-order valence-corrected chi connectivity index (χ0v) is 13.9. The lowest BCUT2D eigenvalue weighted by Gasteiger charge is -2.06. The van der Waals surface area contributed by atoms with Crippen molar-refractivity contribution in [2.24, 2.45) is 0 Å². The lowest BCUT2D eigenvalue weighted by Crippen LogP contribution is -1.92. The van der Waals surface area contributed by atoms with E-state index in [1.807, 2.05) is 12.1 Å². The molecule has 2 aromatic rings. The molecule has 0 atom stereocenters. The first-order chi connectivity index (χ1) is 9.49. The Labute approximate surface area is 138 Å². The van der Waals surface area contributed by atoms with Gasteiger partial charge in [-0.3, -0.25) is 10.1 Å². The van der Waals surface area contributed by atoms with Gasteiger partial charge in [-0.25, -0.2) is 0 Å². The molecule has 0 bridgehead atoms. The lowest BCUT2D eigenvalue weighted by atomic mass is 10.2. The number of benzene rings is 2. The predicted molar refractivity (Wildman–Crippen MR) is 86.8 cm³/mol. The zero-order chi connectivity index (χ0) is 14.7. The molecule has 0 aromatic heterocycles. The smallest absolute Gasteiger partial charge is 0.258 e. The Morgan fingerprint density at radius 2 is 1.95 bits per heavy atom. The fraction of sp³-hybridized carbons (Fsp3) is 0.0769. The Morgan fingerprint density at radius 1 is 1.20 bits per heavy atom. The Hall–Kier alpha value is -0.750. The van der Waals surface area contributed by atoms with Gasteiger partial charge in [-0.1, -0.05) is 35.3 Å². The van der Waals surface area contributed by atoms with E-state index in [4.69, 9.17) is 23.2 Å². The van der Waals surface area contributed by atoms with Crippen LogP contribution in [0.1, 0.15) is 5.56 Å². The Kier molecular flexibility index (Phi) is 5.32. The van der Waals surface area contributed by atoms with Gasteiger partial charge in [-0.2, -0.15) is 0 Å². The van der Waals surface area contributed by atoms with E-state index in [1.165, 1.54) is 17.8 Å². The summed E-state index contributed by atoms with van der Waals surface area (Å²) in [6.45, 7) is 0. The highest BCUT2D eigenvalue weighted by atomic mass is 79.9. The van der Waals surface area contributed by atoms with E-state index in [0.717, 1.165) is 10.5 Å². The summed E-state index contributed by atoms with van der Waals surface area (Å²) in [5, 5.41) is 11.9. The first kappa shape index (κ1) is 15.6. The third kappa shape index (κ3) is 3.67. The van der Waals surface area contributed by atoms with Crippen LogP contribution in [0.2, 0.25) is 10.0 Å². The molecule has 0 heterocycles. The molecule has 20 heavy (non-hydrogen) atoms. The van der Waals surface area contributed by atoms with Crippen molar-refractivity contribution in [2.45, 2.75) is 10.6 Å². The van der Waals surface area contributed by atoms with E-state index in [2.05, 4.69) is 15.9 Å². The number of thioether (sulfide) groups is 1. The van der Waals surface area contributed by atoms with Crippen molar-refractivity contribution < 1.29 is 4.92 Å². The van der Waals surface area contributed by atoms with Crippen LogP contribution in [0.5, 0.6) is 0 Å². The number of nitro groups is 1. The van der Waals surface area contributed by atoms with Gasteiger partial charge in [-0.05, 0) is 39.7 Å². The quantitative estimate of drug-likeness (QED) is 0.366. The molecule has 0 unspecified atom stereocenters. The molecule has 0 aliphatic heterocycles. The topological polar surface area (TPSA) is 43.1 Å². The second-order valence-electron chi connectivity index (χ2n) is 3.87. The van der Waals surface area contributed by atoms with Crippen molar-refractivity contribution in [1.82, 2.24) is 0 Å². The van der Waals surface area contributed by atoms with Gasteiger partial charge >= 0.3 is 0 Å². The summed E-state index contributed by atoms with van der Waals surface area (Å²) in [5.41, 5.74) is 0.924. The average Bonchev–Trinajstić information content (AvgIpc) is 2.41. The molecule has 0 aliphatic rings. The molecule has 0 radical (unpaired) electrons. The van der Waals surface area contributed by atoms with Crippen molar-refractivity contribution in [3.05, 3.63) is 66.6 Å². The maximum Gasteiger partial charge on any atom is 0.283 e. The van der Waals surface area contributed by atoms with Crippen LogP contribution in [0, 0.1) is 10.1 Å². The van der Waals surface area contributed by atoms with E-state index in [0.29, 0.717) is 20.3 Å². The number of hydrogen-bond acceptors (Lipinski definition) is 3. The van der Waals surface area contributed by atoms with E-state index in [1.54, 1.807) is 18.2 Å². The lowest BCUT2D eigenvalue weighted by molar-refractivity contribution is -0.385. The Morgan fingerprint density at radius 3 is 2.60 bits per heavy atom. The Bertz CT molecular complexity index is 667. The number of nitrogens with zero attached hydrogens (tertiary/aromatic N) is 1. The van der Waals surface area contributed by atoms with E-state index < -0.39 is 4.92 Å². The molecule has 3 nitrogen and oxygen atoms in total. The molecule has 0 saturated heterocycles. The van der Waals surface area contributed by atoms with E-state index >= 15 is 0 Å². The molecule has 2 aromatic carbocycles. The SMILES string of the molecule is O=[N+]([O-])c1cccc(CSc2ccc(Cl)c(Cl)c2)c1Br. The first-order valence-electron chi connectivity index (χ1n) is 5.48. The van der Waals surface area contributed by atoms with Gasteiger partial charge in [0.15, 0.2) is 0 Å². The molecular weight excluding hydrogens is 385 g/mol. The summed E-state index contributed by atoms with van der Waals surface area (Å²) in [6, 6.07) is 10.4. The maximum atomic E-state index is 10.9. The largest absolute Gasteiger partial charge is 0.283 e. The van der Waals surface area contributed by atoms with Gasteiger partial charge in [0.2, 0.25) is 0 Å². The zero-order valence-electron chi connectivity index (χ0n) is 9.98. The van der Waals surface area contributed by atoms with Crippen LogP contribution in [0.15, 0.2) is 45.8 Å². The summed E-state index contributed by atoms with van der Waals surface area (Å²) < 4.78 is 0.512. The third-order valence-electron chi connectivity index (χ3n) is 2.54. The first-order valence-corrected chi connectivity index (χ1v) is 8.02. The second-order valence-corrected chi connectivity index (χ2v) is 6.53. The van der Waals surface area contributed by atoms with Gasteiger partial charge in [0, 0.05) is 16.7 Å². The van der Waals surface area contributed by atoms with Crippen LogP contribution in [-0.2, 0) is 5.75 Å². The summed E-state index contributed by atoms with van der Waals surface area (Å²) in [4.78, 5) is 11.4. The third-order valence-corrected chi connectivity index (χ3v) is 5.24. The molecule has 7 heteroatoms. The standard InChI is InChI=1S/C13H8BrCl2NO2S/c14-13-8(2-1-3-12(13)17(18)19)7-20-9-4-5-10(15)11(16)6-9/h1-6H,7H2. The minimum absolute atomic E-state index is 0.0669. The fourth-order valence-corrected chi connectivity index (χ4v) is 3.57. The summed E-state index contributed by atoms with van der Waals surface area (Å²) >= 11 is 16.6. The number of hydrogen-bond donors (Lipinski definition) is 0. The summed E-state index contributed by atoms with van der Waals surface area (Å²) in [6.07, 6.45) is 0. The van der Waals surface area contributed by atoms with Crippen LogP contribution in [-0.4, -0.2) is 4.92 Å². The normalized spacial score (nSPS) is 10.6. The molecule has 0 fully saturated rings. The molecule has 2 rings (SSSR count). The van der Waals surface area contributed by atoms with Crippen molar-refractivity contribution in [2.75, 3.05) is 0 Å². The van der Waals surface area contributed by atoms with Gasteiger partial charge in [0.1, 0.15) is 0 Å². The predicted octanol–water partition coefficient (Wildman–Crippen LogP) is 5.96. The van der Waals surface area contributed by atoms with Crippen LogP contribution in [0.25, 0.3) is 0 Å². The van der Waals surface area contributed by atoms with Gasteiger partial charge in [-0.15, -0.1) is 11.8 Å². The van der Waals surface area contributed by atoms with Crippen molar-refractivity contribution in [3.63, 3.8) is 0 Å². The van der Waals surface area contributed by atoms with E-state index in [-0.39, 0.29) is 5.69 Å². The fourth-order valence-electron chi connectivity index (χ4n) is 1.55. The van der Waals surface area contributed by atoms with Gasteiger partial charge < -0.3 is 0 Å². The summed E-state index contributed by atoms with van der Waals surface area (Å²) in [5.74, 6) is 0.597. The monoisotopic (exact) mass is 391 g/mol. The number of halogens is 3. The van der Waals surface area contributed by atoms with Crippen LogP contribution in [0.3, 0.4) is 0 Å². The van der Waals surface area contributed by atoms with Crippen molar-refractivity contribution in [3.8, 4) is 0 Å². The molecule has 0 N–H and O–H groups in total. The molecule has 0 saturated carbocycles. The molecule has 0 amide bonds. The van der Waals surface area contributed by atoms with Crippen LogP contribution >= 0.6 is 50.9 Å². The minimum atomic E-state index is -0.405. The second kappa shape index (κ2) is 6.80. The van der Waals surface area contributed by atoms with Gasteiger partial charge in [0.25, 0.3) is 5.69 Å².